The van der Waals surface area contributed by atoms with E-state index in [1.165, 1.54) is 12.3 Å². The van der Waals surface area contributed by atoms with Gasteiger partial charge in [-0.2, -0.15) is 41.3 Å². The van der Waals surface area contributed by atoms with E-state index in [1.54, 1.807) is 18.3 Å². The summed E-state index contributed by atoms with van der Waals surface area (Å²) in [6, 6.07) is 6.74. The van der Waals surface area contributed by atoms with Gasteiger partial charge in [-0.25, -0.2) is 0 Å². The Labute approximate surface area is 224 Å². The second-order valence-corrected chi connectivity index (χ2v) is 8.86. The maximum absolute atomic E-state index is 13.1. The Bertz CT molecular complexity index is 1280. The number of halogens is 6. The third-order valence-electron chi connectivity index (χ3n) is 5.66. The van der Waals surface area contributed by atoms with Crippen LogP contribution in [0.1, 0.15) is 18.4 Å². The van der Waals surface area contributed by atoms with Gasteiger partial charge in [-0.15, -0.1) is 0 Å². The number of rotatable bonds is 9. The molecule has 1 aliphatic heterocycles. The summed E-state index contributed by atoms with van der Waals surface area (Å²) >= 11 is 0. The molecule has 1 fully saturated rings. The molecule has 3 N–H and O–H groups in total. The molecule has 0 saturated carbocycles. The molecule has 0 aliphatic carbocycles. The first-order valence-electron chi connectivity index (χ1n) is 12.0. The van der Waals surface area contributed by atoms with Gasteiger partial charge in [-0.3, -0.25) is 14.7 Å². The smallest absolute Gasteiger partial charge is 0.422 e. The van der Waals surface area contributed by atoms with Crippen molar-refractivity contribution >= 4 is 29.2 Å². The molecule has 0 bridgehead atoms. The fraction of sp³-hybridized carbons (Fsp3) is 0.375. The SMILES string of the molecule is O=C(CN1CCC(Nc2nc(Nc3cccc(C(F)(F)F)c3)nc(OCC(F)(F)F)n2)CC1)Nc1cccnc1. The number of amides is 1. The van der Waals surface area contributed by atoms with Gasteiger partial charge in [0, 0.05) is 31.0 Å². The van der Waals surface area contributed by atoms with Crippen molar-refractivity contribution in [2.24, 2.45) is 0 Å². The van der Waals surface area contributed by atoms with Crippen LogP contribution in [0.2, 0.25) is 0 Å². The number of anilines is 4. The third kappa shape index (κ3) is 8.93. The summed E-state index contributed by atoms with van der Waals surface area (Å²) in [5.74, 6) is -0.624. The van der Waals surface area contributed by atoms with Crippen LogP contribution in [0, 0.1) is 0 Å². The second-order valence-electron chi connectivity index (χ2n) is 8.86. The number of nitrogens with one attached hydrogen (secondary N) is 3. The van der Waals surface area contributed by atoms with Crippen molar-refractivity contribution in [2.75, 3.05) is 42.2 Å². The number of carbonyl (C=O) groups excluding carboxylic acids is 1. The number of benzene rings is 1. The molecule has 0 radical (unpaired) electrons. The van der Waals surface area contributed by atoms with Crippen molar-refractivity contribution in [2.45, 2.75) is 31.2 Å². The van der Waals surface area contributed by atoms with Crippen LogP contribution in [-0.4, -0.2) is 69.2 Å². The largest absolute Gasteiger partial charge is 0.454 e. The first-order chi connectivity index (χ1) is 18.9. The first-order valence-corrected chi connectivity index (χ1v) is 12.0. The summed E-state index contributed by atoms with van der Waals surface area (Å²) in [4.78, 5) is 29.9. The van der Waals surface area contributed by atoms with E-state index in [0.29, 0.717) is 31.6 Å². The summed E-state index contributed by atoms with van der Waals surface area (Å²) in [6.07, 6.45) is -5.02. The molecule has 40 heavy (non-hydrogen) atoms. The Kier molecular flexibility index (Phi) is 8.86. The second kappa shape index (κ2) is 12.3. The lowest BCUT2D eigenvalue weighted by Gasteiger charge is -2.31. The van der Waals surface area contributed by atoms with Crippen LogP contribution in [0.3, 0.4) is 0 Å². The predicted molar refractivity (Wildman–Crippen MR) is 132 cm³/mol. The molecule has 0 atom stereocenters. The van der Waals surface area contributed by atoms with Gasteiger partial charge < -0.3 is 20.7 Å². The first kappa shape index (κ1) is 28.8. The van der Waals surface area contributed by atoms with Gasteiger partial charge in [0.1, 0.15) is 0 Å². The van der Waals surface area contributed by atoms with Gasteiger partial charge in [0.25, 0.3) is 0 Å². The normalized spacial score (nSPS) is 14.9. The number of hydrogen-bond donors (Lipinski definition) is 3. The van der Waals surface area contributed by atoms with Crippen molar-refractivity contribution in [3.8, 4) is 6.01 Å². The van der Waals surface area contributed by atoms with E-state index >= 15 is 0 Å². The lowest BCUT2D eigenvalue weighted by molar-refractivity contribution is -0.154. The van der Waals surface area contributed by atoms with Gasteiger partial charge in [0.2, 0.25) is 17.8 Å². The average molecular weight is 570 g/mol. The number of piperidine rings is 1. The number of nitrogens with zero attached hydrogens (tertiary/aromatic N) is 5. The molecule has 3 heterocycles. The lowest BCUT2D eigenvalue weighted by Crippen LogP contribution is -2.42. The average Bonchev–Trinajstić information content (AvgIpc) is 2.88. The van der Waals surface area contributed by atoms with Gasteiger partial charge in [0.15, 0.2) is 6.61 Å². The van der Waals surface area contributed by atoms with Crippen LogP contribution < -0.4 is 20.7 Å². The van der Waals surface area contributed by atoms with E-state index in [0.717, 1.165) is 18.2 Å². The fourth-order valence-corrected chi connectivity index (χ4v) is 3.85. The van der Waals surface area contributed by atoms with Crippen LogP contribution in [0.4, 0.5) is 49.6 Å². The predicted octanol–water partition coefficient (Wildman–Crippen LogP) is 4.49. The van der Waals surface area contributed by atoms with E-state index in [1.807, 2.05) is 4.90 Å². The number of aromatic nitrogens is 4. The Morgan fingerprint density at radius 3 is 2.38 bits per heavy atom. The molecular formula is C24H24F6N8O2. The minimum atomic E-state index is -4.66. The number of likely N-dealkylation sites (tertiary alicyclic amines) is 1. The molecule has 1 aliphatic rings. The molecule has 1 aromatic carbocycles. The summed E-state index contributed by atoms with van der Waals surface area (Å²) in [5.41, 5.74) is -0.386. The highest BCUT2D eigenvalue weighted by atomic mass is 19.4. The van der Waals surface area contributed by atoms with Crippen molar-refractivity contribution < 1.29 is 35.9 Å². The van der Waals surface area contributed by atoms with Gasteiger partial charge >= 0.3 is 18.4 Å². The Morgan fingerprint density at radius 1 is 0.975 bits per heavy atom. The summed E-state index contributed by atoms with van der Waals surface area (Å²) in [7, 11) is 0. The summed E-state index contributed by atoms with van der Waals surface area (Å²) in [5, 5.41) is 8.33. The Balaban J connectivity index is 1.40. The van der Waals surface area contributed by atoms with E-state index in [-0.39, 0.29) is 36.1 Å². The summed E-state index contributed by atoms with van der Waals surface area (Å²) < 4.78 is 82.0. The van der Waals surface area contributed by atoms with Crippen LogP contribution in [0.15, 0.2) is 48.8 Å². The van der Waals surface area contributed by atoms with Gasteiger partial charge in [0.05, 0.1) is 24.0 Å². The van der Waals surface area contributed by atoms with Crippen molar-refractivity contribution in [1.82, 2.24) is 24.8 Å². The highest BCUT2D eigenvalue weighted by Gasteiger charge is 2.31. The third-order valence-corrected chi connectivity index (χ3v) is 5.66. The Morgan fingerprint density at radius 2 is 1.70 bits per heavy atom. The lowest BCUT2D eigenvalue weighted by atomic mass is 10.1. The maximum Gasteiger partial charge on any atom is 0.422 e. The zero-order chi connectivity index (χ0) is 28.8. The van der Waals surface area contributed by atoms with Gasteiger partial charge in [-0.1, -0.05) is 6.07 Å². The van der Waals surface area contributed by atoms with E-state index < -0.39 is 30.5 Å². The minimum Gasteiger partial charge on any atom is -0.454 e. The minimum absolute atomic E-state index is 0.0355. The monoisotopic (exact) mass is 570 g/mol. The van der Waals surface area contributed by atoms with Crippen LogP contribution >= 0.6 is 0 Å². The molecule has 0 unspecified atom stereocenters. The standard InChI is InChI=1S/C24H24F6N8O2/c25-23(26,27)14-40-22-36-20(35-21(37-22)34-17-4-1-3-15(11-17)24(28,29)30)33-16-6-9-38(10-7-16)13-19(39)32-18-5-2-8-31-12-18/h1-5,8,11-12,16H,6-7,9-10,13-14H2,(H,32,39)(H2,33,34,35,36,37). The van der Waals surface area contributed by atoms with E-state index in [2.05, 4.69) is 40.6 Å². The quantitative estimate of drug-likeness (QED) is 0.320. The molecule has 3 aromatic rings. The molecule has 2 aromatic heterocycles. The van der Waals surface area contributed by atoms with Crippen molar-refractivity contribution in [3.63, 3.8) is 0 Å². The van der Waals surface area contributed by atoms with Crippen molar-refractivity contribution in [3.05, 3.63) is 54.4 Å². The Hall–Kier alpha value is -4.21. The molecular weight excluding hydrogens is 546 g/mol. The highest BCUT2D eigenvalue weighted by molar-refractivity contribution is 5.92. The molecule has 1 saturated heterocycles. The number of pyridine rings is 1. The zero-order valence-corrected chi connectivity index (χ0v) is 20.8. The van der Waals surface area contributed by atoms with Crippen LogP contribution in [0.25, 0.3) is 0 Å². The molecule has 16 heteroatoms. The maximum atomic E-state index is 13.1. The van der Waals surface area contributed by atoms with E-state index in [4.69, 9.17) is 0 Å². The molecule has 0 spiro atoms. The molecule has 1 amide bonds. The molecule has 214 valence electrons. The molecule has 4 rings (SSSR count). The van der Waals surface area contributed by atoms with Crippen molar-refractivity contribution in [1.29, 1.82) is 0 Å². The summed E-state index contributed by atoms with van der Waals surface area (Å²) in [6.45, 7) is -0.432. The van der Waals surface area contributed by atoms with Gasteiger partial charge in [-0.05, 0) is 43.2 Å². The van der Waals surface area contributed by atoms with Crippen LogP contribution in [0.5, 0.6) is 6.01 Å². The molecule has 10 nitrogen and oxygen atoms in total. The number of alkyl halides is 6. The topological polar surface area (TPSA) is 117 Å². The number of hydrogen-bond acceptors (Lipinski definition) is 9. The number of ether oxygens (including phenoxy) is 1. The highest BCUT2D eigenvalue weighted by Crippen LogP contribution is 2.31. The fourth-order valence-electron chi connectivity index (χ4n) is 3.85. The number of carbonyl (C=O) groups is 1. The van der Waals surface area contributed by atoms with E-state index in [9.17, 15) is 31.1 Å². The van der Waals surface area contributed by atoms with Crippen LogP contribution in [-0.2, 0) is 11.0 Å². The zero-order valence-electron chi connectivity index (χ0n) is 20.8.